The average molecular weight is 286 g/mol. The van der Waals surface area contributed by atoms with Gasteiger partial charge in [-0.25, -0.2) is 9.78 Å². The molecule has 2 aromatic rings. The summed E-state index contributed by atoms with van der Waals surface area (Å²) in [6, 6.07) is 12.0. The van der Waals surface area contributed by atoms with Crippen LogP contribution in [0.15, 0.2) is 42.5 Å². The fourth-order valence-corrected chi connectivity index (χ4v) is 1.71. The summed E-state index contributed by atoms with van der Waals surface area (Å²) in [7, 11) is 0. The van der Waals surface area contributed by atoms with Crippen LogP contribution in [-0.2, 0) is 4.74 Å². The van der Waals surface area contributed by atoms with E-state index in [0.717, 1.165) is 5.56 Å². The van der Waals surface area contributed by atoms with Crippen molar-refractivity contribution in [1.29, 1.82) is 0 Å². The van der Waals surface area contributed by atoms with E-state index in [1.165, 1.54) is 0 Å². The topological polar surface area (TPSA) is 71.5 Å². The first-order valence-electron chi connectivity index (χ1n) is 6.60. The van der Waals surface area contributed by atoms with Gasteiger partial charge in [-0.05, 0) is 57.2 Å². The third kappa shape index (κ3) is 4.49. The van der Waals surface area contributed by atoms with Crippen LogP contribution in [0.4, 0.5) is 10.6 Å². The minimum absolute atomic E-state index is 0.196. The smallest absolute Gasteiger partial charge is 0.413 e. The lowest BCUT2D eigenvalue weighted by atomic mass is 10.1. The first-order chi connectivity index (χ1) is 9.83. The van der Waals surface area contributed by atoms with E-state index in [0.29, 0.717) is 11.5 Å². The van der Waals surface area contributed by atoms with Crippen LogP contribution in [0.2, 0.25) is 0 Å². The quantitative estimate of drug-likeness (QED) is 0.880. The van der Waals surface area contributed by atoms with Crippen LogP contribution in [0.1, 0.15) is 20.8 Å². The summed E-state index contributed by atoms with van der Waals surface area (Å²) in [6.45, 7) is 5.40. The van der Waals surface area contributed by atoms with Gasteiger partial charge in [0.15, 0.2) is 0 Å². The molecule has 0 aliphatic heterocycles. The molecule has 5 heteroatoms. The Morgan fingerprint density at radius 1 is 1.14 bits per heavy atom. The van der Waals surface area contributed by atoms with E-state index >= 15 is 0 Å². The summed E-state index contributed by atoms with van der Waals surface area (Å²) in [4.78, 5) is 16.1. The average Bonchev–Trinajstić information content (AvgIpc) is 2.37. The Bertz CT molecular complexity index is 631. The maximum Gasteiger partial charge on any atom is 0.413 e. The second kappa shape index (κ2) is 5.83. The van der Waals surface area contributed by atoms with Crippen molar-refractivity contribution in [2.24, 2.45) is 0 Å². The molecule has 1 amide bonds. The predicted molar refractivity (Wildman–Crippen MR) is 81.2 cm³/mol. The van der Waals surface area contributed by atoms with Gasteiger partial charge in [-0.3, -0.25) is 5.32 Å². The maximum atomic E-state index is 11.7. The SMILES string of the molecule is CC(C)(C)OC(=O)Nc1cccc(-c2ccc(O)cc2)n1. The van der Waals surface area contributed by atoms with Gasteiger partial charge < -0.3 is 9.84 Å². The van der Waals surface area contributed by atoms with Gasteiger partial charge >= 0.3 is 6.09 Å². The molecular formula is C16H18N2O3. The van der Waals surface area contributed by atoms with Gasteiger partial charge in [0.1, 0.15) is 17.2 Å². The molecule has 0 aliphatic carbocycles. The molecule has 0 unspecified atom stereocenters. The second-order valence-electron chi connectivity index (χ2n) is 5.58. The van der Waals surface area contributed by atoms with Crippen LogP contribution in [-0.4, -0.2) is 21.8 Å². The second-order valence-corrected chi connectivity index (χ2v) is 5.58. The lowest BCUT2D eigenvalue weighted by molar-refractivity contribution is 0.0635. The van der Waals surface area contributed by atoms with Crippen molar-refractivity contribution >= 4 is 11.9 Å². The number of hydrogen-bond donors (Lipinski definition) is 2. The number of phenolic OH excluding ortho intramolecular Hbond substituents is 1. The molecule has 1 aromatic heterocycles. The molecule has 0 fully saturated rings. The standard InChI is InChI=1S/C16H18N2O3/c1-16(2,3)21-15(20)18-14-6-4-5-13(17-14)11-7-9-12(19)10-8-11/h4-10,19H,1-3H3,(H,17,18,20). The molecule has 0 spiro atoms. The number of aromatic hydroxyl groups is 1. The highest BCUT2D eigenvalue weighted by Gasteiger charge is 2.16. The highest BCUT2D eigenvalue weighted by Crippen LogP contribution is 2.21. The molecule has 0 atom stereocenters. The number of amides is 1. The minimum Gasteiger partial charge on any atom is -0.508 e. The Labute approximate surface area is 123 Å². The molecule has 0 aliphatic rings. The van der Waals surface area contributed by atoms with Crippen LogP contribution in [0.25, 0.3) is 11.3 Å². The number of phenols is 1. The third-order valence-corrected chi connectivity index (χ3v) is 2.54. The van der Waals surface area contributed by atoms with Crippen molar-refractivity contribution in [1.82, 2.24) is 4.98 Å². The third-order valence-electron chi connectivity index (χ3n) is 2.54. The molecule has 0 bridgehead atoms. The molecule has 5 nitrogen and oxygen atoms in total. The summed E-state index contributed by atoms with van der Waals surface area (Å²) in [5, 5.41) is 11.9. The fraction of sp³-hybridized carbons (Fsp3) is 0.250. The van der Waals surface area contributed by atoms with Crippen molar-refractivity contribution in [3.8, 4) is 17.0 Å². The molecular weight excluding hydrogens is 268 g/mol. The summed E-state index contributed by atoms with van der Waals surface area (Å²) in [5.74, 6) is 0.608. The Balaban J connectivity index is 2.14. The first kappa shape index (κ1) is 14.8. The van der Waals surface area contributed by atoms with E-state index in [1.54, 1.807) is 57.2 Å². The first-order valence-corrected chi connectivity index (χ1v) is 6.60. The Kier molecular flexibility index (Phi) is 4.12. The van der Waals surface area contributed by atoms with E-state index in [9.17, 15) is 9.90 Å². The molecule has 110 valence electrons. The van der Waals surface area contributed by atoms with Crippen LogP contribution >= 0.6 is 0 Å². The highest BCUT2D eigenvalue weighted by atomic mass is 16.6. The van der Waals surface area contributed by atoms with Gasteiger partial charge in [0.2, 0.25) is 0 Å². The summed E-state index contributed by atoms with van der Waals surface area (Å²) in [5.41, 5.74) is 0.989. The van der Waals surface area contributed by atoms with E-state index in [-0.39, 0.29) is 5.75 Å². The van der Waals surface area contributed by atoms with Crippen LogP contribution < -0.4 is 5.32 Å². The predicted octanol–water partition coefficient (Wildman–Crippen LogP) is 3.80. The van der Waals surface area contributed by atoms with Crippen LogP contribution in [0.5, 0.6) is 5.75 Å². The van der Waals surface area contributed by atoms with Gasteiger partial charge in [-0.2, -0.15) is 0 Å². The van der Waals surface area contributed by atoms with Crippen molar-refractivity contribution in [2.75, 3.05) is 5.32 Å². The van der Waals surface area contributed by atoms with Gasteiger partial charge in [-0.1, -0.05) is 6.07 Å². The van der Waals surface area contributed by atoms with Gasteiger partial charge in [-0.15, -0.1) is 0 Å². The molecule has 0 saturated heterocycles. The normalized spacial score (nSPS) is 11.0. The summed E-state index contributed by atoms with van der Waals surface area (Å²) < 4.78 is 5.18. The molecule has 21 heavy (non-hydrogen) atoms. The summed E-state index contributed by atoms with van der Waals surface area (Å²) in [6.07, 6.45) is -0.544. The zero-order valence-electron chi connectivity index (χ0n) is 12.3. The number of pyridine rings is 1. The Morgan fingerprint density at radius 3 is 2.43 bits per heavy atom. The fourth-order valence-electron chi connectivity index (χ4n) is 1.71. The van der Waals surface area contributed by atoms with E-state index in [4.69, 9.17) is 4.74 Å². The molecule has 2 rings (SSSR count). The van der Waals surface area contributed by atoms with Crippen molar-refractivity contribution < 1.29 is 14.6 Å². The zero-order valence-corrected chi connectivity index (χ0v) is 12.3. The van der Waals surface area contributed by atoms with E-state index in [2.05, 4.69) is 10.3 Å². The lowest BCUT2D eigenvalue weighted by Gasteiger charge is -2.19. The molecule has 0 radical (unpaired) electrons. The molecule has 1 heterocycles. The minimum atomic E-state index is -0.557. The number of ether oxygens (including phenoxy) is 1. The van der Waals surface area contributed by atoms with Crippen LogP contribution in [0.3, 0.4) is 0 Å². The van der Waals surface area contributed by atoms with Gasteiger partial charge in [0.05, 0.1) is 5.69 Å². The number of nitrogens with one attached hydrogen (secondary N) is 1. The molecule has 0 saturated carbocycles. The number of benzene rings is 1. The number of rotatable bonds is 2. The number of hydrogen-bond acceptors (Lipinski definition) is 4. The van der Waals surface area contributed by atoms with Crippen LogP contribution in [0, 0.1) is 0 Å². The monoisotopic (exact) mass is 286 g/mol. The molecule has 2 N–H and O–H groups in total. The highest BCUT2D eigenvalue weighted by molar-refractivity contribution is 5.84. The summed E-state index contributed by atoms with van der Waals surface area (Å²) >= 11 is 0. The lowest BCUT2D eigenvalue weighted by Crippen LogP contribution is -2.27. The van der Waals surface area contributed by atoms with Crippen molar-refractivity contribution in [3.05, 3.63) is 42.5 Å². The zero-order chi connectivity index (χ0) is 15.5. The number of nitrogens with zero attached hydrogens (tertiary/aromatic N) is 1. The largest absolute Gasteiger partial charge is 0.508 e. The maximum absolute atomic E-state index is 11.7. The number of aromatic nitrogens is 1. The molecule has 1 aromatic carbocycles. The Hall–Kier alpha value is -2.56. The number of anilines is 1. The Morgan fingerprint density at radius 2 is 1.81 bits per heavy atom. The van der Waals surface area contributed by atoms with Gasteiger partial charge in [0, 0.05) is 5.56 Å². The number of carbonyl (C=O) groups excluding carboxylic acids is 1. The number of carbonyl (C=O) groups is 1. The van der Waals surface area contributed by atoms with Crippen molar-refractivity contribution in [3.63, 3.8) is 0 Å². The van der Waals surface area contributed by atoms with Crippen molar-refractivity contribution in [2.45, 2.75) is 26.4 Å². The van der Waals surface area contributed by atoms with E-state index < -0.39 is 11.7 Å². The van der Waals surface area contributed by atoms with Gasteiger partial charge in [0.25, 0.3) is 0 Å². The van der Waals surface area contributed by atoms with E-state index in [1.807, 2.05) is 6.07 Å².